The summed E-state index contributed by atoms with van der Waals surface area (Å²) in [6.07, 6.45) is 4.00. The molecule has 116 valence electrons. The molecular formula is C16H17Cl2N3O. The second kappa shape index (κ2) is 7.47. The zero-order valence-corrected chi connectivity index (χ0v) is 13.9. The molecule has 0 bridgehead atoms. The minimum Gasteiger partial charge on any atom is -0.352 e. The van der Waals surface area contributed by atoms with Gasteiger partial charge in [-0.1, -0.05) is 36.2 Å². The van der Waals surface area contributed by atoms with E-state index in [0.29, 0.717) is 27.0 Å². The van der Waals surface area contributed by atoms with E-state index in [2.05, 4.69) is 15.6 Å². The van der Waals surface area contributed by atoms with Crippen molar-refractivity contribution in [1.29, 1.82) is 0 Å². The number of carbonyl (C=O) groups excluding carboxylic acids is 1. The molecule has 0 saturated heterocycles. The Morgan fingerprint density at radius 1 is 1.27 bits per heavy atom. The Morgan fingerprint density at radius 2 is 1.95 bits per heavy atom. The van der Waals surface area contributed by atoms with Crippen LogP contribution >= 0.6 is 23.2 Å². The first-order valence-corrected chi connectivity index (χ1v) is 7.73. The van der Waals surface area contributed by atoms with Crippen LogP contribution in [0.2, 0.25) is 10.0 Å². The van der Waals surface area contributed by atoms with Gasteiger partial charge in [-0.05, 0) is 31.5 Å². The van der Waals surface area contributed by atoms with Crippen LogP contribution in [0.25, 0.3) is 0 Å². The van der Waals surface area contributed by atoms with Crippen LogP contribution in [0.4, 0.5) is 11.4 Å². The van der Waals surface area contributed by atoms with Crippen LogP contribution in [0.1, 0.15) is 30.6 Å². The number of hydrogen-bond acceptors (Lipinski definition) is 3. The third-order valence-corrected chi connectivity index (χ3v) is 3.85. The Labute approximate surface area is 139 Å². The van der Waals surface area contributed by atoms with Gasteiger partial charge in [0.2, 0.25) is 0 Å². The van der Waals surface area contributed by atoms with Gasteiger partial charge in [0, 0.05) is 12.2 Å². The molecule has 0 aliphatic rings. The molecule has 0 saturated carbocycles. The van der Waals surface area contributed by atoms with E-state index in [0.717, 1.165) is 6.42 Å². The van der Waals surface area contributed by atoms with Gasteiger partial charge < -0.3 is 10.6 Å². The predicted molar refractivity (Wildman–Crippen MR) is 91.2 cm³/mol. The number of nitrogens with one attached hydrogen (secondary N) is 2. The number of nitrogens with zero attached hydrogens (tertiary/aromatic N) is 1. The maximum atomic E-state index is 12.1. The normalized spacial score (nSPS) is 11.8. The third-order valence-electron chi connectivity index (χ3n) is 3.22. The second-order valence-electron chi connectivity index (χ2n) is 4.97. The van der Waals surface area contributed by atoms with E-state index >= 15 is 0 Å². The fourth-order valence-electron chi connectivity index (χ4n) is 1.80. The number of carbonyl (C=O) groups is 1. The zero-order valence-electron chi connectivity index (χ0n) is 12.4. The highest BCUT2D eigenvalue weighted by molar-refractivity contribution is 6.39. The minimum absolute atomic E-state index is 0.113. The molecule has 0 fully saturated rings. The number of amides is 1. The molecule has 1 heterocycles. The lowest BCUT2D eigenvalue weighted by molar-refractivity contribution is 0.0939. The third kappa shape index (κ3) is 4.12. The van der Waals surface area contributed by atoms with Gasteiger partial charge in [0.25, 0.3) is 5.91 Å². The van der Waals surface area contributed by atoms with Gasteiger partial charge in [0.1, 0.15) is 0 Å². The number of aromatic nitrogens is 1. The zero-order chi connectivity index (χ0) is 16.1. The average Bonchev–Trinajstić information content (AvgIpc) is 2.51. The molecule has 4 nitrogen and oxygen atoms in total. The average molecular weight is 338 g/mol. The van der Waals surface area contributed by atoms with E-state index in [1.165, 1.54) is 6.20 Å². The molecule has 2 aromatic rings. The summed E-state index contributed by atoms with van der Waals surface area (Å²) >= 11 is 12.2. The van der Waals surface area contributed by atoms with Crippen LogP contribution in [0.5, 0.6) is 0 Å². The lowest BCUT2D eigenvalue weighted by Crippen LogP contribution is -2.31. The van der Waals surface area contributed by atoms with E-state index in [4.69, 9.17) is 23.2 Å². The van der Waals surface area contributed by atoms with Crippen LogP contribution in [0.15, 0.2) is 36.7 Å². The van der Waals surface area contributed by atoms with Crippen molar-refractivity contribution in [3.05, 3.63) is 52.3 Å². The van der Waals surface area contributed by atoms with Gasteiger partial charge in [-0.2, -0.15) is 0 Å². The second-order valence-corrected chi connectivity index (χ2v) is 5.78. The summed E-state index contributed by atoms with van der Waals surface area (Å²) in [4.78, 5) is 16.2. The fraction of sp³-hybridized carbons (Fsp3) is 0.250. The Bertz CT molecular complexity index is 656. The molecular weight excluding hydrogens is 321 g/mol. The van der Waals surface area contributed by atoms with Crippen LogP contribution < -0.4 is 10.6 Å². The summed E-state index contributed by atoms with van der Waals surface area (Å²) in [6, 6.07) is 7.07. The Balaban J connectivity index is 2.20. The van der Waals surface area contributed by atoms with Crippen LogP contribution in [0.3, 0.4) is 0 Å². The molecule has 0 aliphatic carbocycles. The summed E-state index contributed by atoms with van der Waals surface area (Å²) < 4.78 is 0. The number of hydrogen-bond donors (Lipinski definition) is 2. The highest BCUT2D eigenvalue weighted by atomic mass is 35.5. The molecule has 0 radical (unpaired) electrons. The first-order chi connectivity index (χ1) is 10.5. The number of rotatable bonds is 5. The molecule has 1 aromatic carbocycles. The monoisotopic (exact) mass is 337 g/mol. The van der Waals surface area contributed by atoms with Gasteiger partial charge in [-0.15, -0.1) is 0 Å². The fourth-order valence-corrected chi connectivity index (χ4v) is 2.30. The standard InChI is InChI=1S/C16H17Cl2N3O/c1-3-10(2)20-16(22)11-7-12(9-19-8-11)21-15-13(17)5-4-6-14(15)18/h4-10,21H,3H2,1-2H3,(H,20,22). The SMILES string of the molecule is CCC(C)NC(=O)c1cncc(Nc2c(Cl)cccc2Cl)c1. The van der Waals surface area contributed by atoms with Gasteiger partial charge in [-0.3, -0.25) is 9.78 Å². The van der Waals surface area contributed by atoms with E-state index in [1.807, 2.05) is 13.8 Å². The quantitative estimate of drug-likeness (QED) is 0.834. The van der Waals surface area contributed by atoms with Gasteiger partial charge >= 0.3 is 0 Å². The molecule has 1 atom stereocenters. The molecule has 1 amide bonds. The van der Waals surface area contributed by atoms with Gasteiger partial charge in [0.05, 0.1) is 33.2 Å². The van der Waals surface area contributed by atoms with E-state index in [9.17, 15) is 4.79 Å². The molecule has 6 heteroatoms. The molecule has 0 aliphatic heterocycles. The molecule has 1 unspecified atom stereocenters. The van der Waals surface area contributed by atoms with Crippen molar-refractivity contribution >= 4 is 40.5 Å². The number of benzene rings is 1. The highest BCUT2D eigenvalue weighted by Crippen LogP contribution is 2.32. The van der Waals surface area contributed by atoms with Crippen LogP contribution in [0, 0.1) is 0 Å². The smallest absolute Gasteiger partial charge is 0.253 e. The topological polar surface area (TPSA) is 54.0 Å². The lowest BCUT2D eigenvalue weighted by Gasteiger charge is -2.13. The maximum absolute atomic E-state index is 12.1. The van der Waals surface area contributed by atoms with E-state index in [1.54, 1.807) is 30.5 Å². The molecule has 0 spiro atoms. The number of halogens is 2. The van der Waals surface area contributed by atoms with Crippen LogP contribution in [-0.4, -0.2) is 16.9 Å². The summed E-state index contributed by atoms with van der Waals surface area (Å²) in [6.45, 7) is 3.97. The van der Waals surface area contributed by atoms with E-state index in [-0.39, 0.29) is 11.9 Å². The van der Waals surface area contributed by atoms with Crippen molar-refractivity contribution in [3.63, 3.8) is 0 Å². The van der Waals surface area contributed by atoms with Crippen molar-refractivity contribution < 1.29 is 4.79 Å². The highest BCUT2D eigenvalue weighted by Gasteiger charge is 2.11. The molecule has 2 N–H and O–H groups in total. The molecule has 1 aromatic heterocycles. The number of pyridine rings is 1. The van der Waals surface area contributed by atoms with E-state index < -0.39 is 0 Å². The summed E-state index contributed by atoms with van der Waals surface area (Å²) in [5.74, 6) is -0.157. The Kier molecular flexibility index (Phi) is 5.63. The first kappa shape index (κ1) is 16.6. The summed E-state index contributed by atoms with van der Waals surface area (Å²) in [5, 5.41) is 7.00. The van der Waals surface area contributed by atoms with Gasteiger partial charge in [0.15, 0.2) is 0 Å². The summed E-state index contributed by atoms with van der Waals surface area (Å²) in [7, 11) is 0. The largest absolute Gasteiger partial charge is 0.352 e. The van der Waals surface area contributed by atoms with Gasteiger partial charge in [-0.25, -0.2) is 0 Å². The summed E-state index contributed by atoms with van der Waals surface area (Å²) in [5.41, 5.74) is 1.72. The van der Waals surface area contributed by atoms with Crippen molar-refractivity contribution in [2.45, 2.75) is 26.3 Å². The Morgan fingerprint density at radius 3 is 2.59 bits per heavy atom. The number of anilines is 2. The molecule has 2 rings (SSSR count). The van der Waals surface area contributed by atoms with Crippen LogP contribution in [-0.2, 0) is 0 Å². The first-order valence-electron chi connectivity index (χ1n) is 6.98. The van der Waals surface area contributed by atoms with Crippen molar-refractivity contribution in [3.8, 4) is 0 Å². The van der Waals surface area contributed by atoms with Crippen molar-refractivity contribution in [1.82, 2.24) is 10.3 Å². The number of para-hydroxylation sites is 1. The van der Waals surface area contributed by atoms with Crippen molar-refractivity contribution in [2.75, 3.05) is 5.32 Å². The minimum atomic E-state index is -0.157. The lowest BCUT2D eigenvalue weighted by atomic mass is 10.2. The van der Waals surface area contributed by atoms with Crippen molar-refractivity contribution in [2.24, 2.45) is 0 Å². The predicted octanol–water partition coefficient (Wildman–Crippen LogP) is 4.66. The Hall–Kier alpha value is -1.78. The maximum Gasteiger partial charge on any atom is 0.253 e. The molecule has 22 heavy (non-hydrogen) atoms.